The minimum absolute atomic E-state index is 0.232. The minimum Gasteiger partial charge on any atom is -0.409 e. The molecule has 0 fully saturated rings. The molecule has 1 heterocycles. The van der Waals surface area contributed by atoms with Crippen LogP contribution in [0.2, 0.25) is 0 Å². The van der Waals surface area contributed by atoms with Gasteiger partial charge in [-0.2, -0.15) is 0 Å². The van der Waals surface area contributed by atoms with Crippen LogP contribution >= 0.6 is 16.8 Å². The average molecular weight is 693 g/mol. The number of rotatable bonds is 13. The van der Waals surface area contributed by atoms with Crippen molar-refractivity contribution in [1.82, 2.24) is 0 Å². The maximum absolute atomic E-state index is 14.5. The van der Waals surface area contributed by atoms with Crippen LogP contribution in [0.5, 0.6) is 11.5 Å². The van der Waals surface area contributed by atoms with Crippen LogP contribution in [0.15, 0.2) is 142 Å². The molecule has 4 aromatic rings. The van der Waals surface area contributed by atoms with Crippen LogP contribution in [0.1, 0.15) is 64.6 Å². The summed E-state index contributed by atoms with van der Waals surface area (Å²) in [4.78, 5) is 14.5. The molecule has 250 valence electrons. The smallest absolute Gasteiger partial charge is 0.409 e. The van der Waals surface area contributed by atoms with E-state index in [-0.39, 0.29) is 5.78 Å². The van der Waals surface area contributed by atoms with Gasteiger partial charge in [0.25, 0.3) is 0 Å². The van der Waals surface area contributed by atoms with Crippen molar-refractivity contribution in [2.75, 3.05) is 0 Å². The Morgan fingerprint density at radius 1 is 0.959 bits per heavy atom. The van der Waals surface area contributed by atoms with Gasteiger partial charge in [0.15, 0.2) is 0 Å². The van der Waals surface area contributed by atoms with Crippen LogP contribution in [0, 0.1) is 6.92 Å². The molecule has 0 spiro atoms. The number of para-hydroxylation sites is 1. The second kappa shape index (κ2) is 16.0. The van der Waals surface area contributed by atoms with Crippen LogP contribution in [0.3, 0.4) is 0 Å². The number of fused-ring (bicyclic) bond motifs is 3. The highest BCUT2D eigenvalue weighted by Crippen LogP contribution is 2.49. The van der Waals surface area contributed by atoms with E-state index >= 15 is 0 Å². The first-order valence-corrected chi connectivity index (χ1v) is 18.4. The Balaban J connectivity index is 1.35. The fourth-order valence-corrected chi connectivity index (χ4v) is 7.71. The van der Waals surface area contributed by atoms with Gasteiger partial charge in [0.2, 0.25) is 5.78 Å². The summed E-state index contributed by atoms with van der Waals surface area (Å²) in [5, 5.41) is 0.942. The maximum Gasteiger partial charge on any atom is 0.530 e. The standard InChI is InChI=1S/C40H38O7P2/c1-5-7-10-17-28(3)42-48(43-32-20-11-9-12-21-32)46-36-25-15-18-30-27-31-19-16-26-37(39(31)40(41)38(30)36)47-49-44-34(23-8-6-2)29(4)33-22-13-14-24-35(33)45-49/h5-7,10-11,13-22,24-26H,2-3,8-9,12,23,27H2,1,4H3/b7-5-,17-10-. The molecule has 7 nitrogen and oxygen atoms in total. The normalized spacial score (nSPS) is 14.6. The monoisotopic (exact) mass is 692 g/mol. The lowest BCUT2D eigenvalue weighted by Gasteiger charge is -2.24. The SMILES string of the molecule is C=CCCc1op(Oc2cccc3c2C(=O)c2c(cccc2OP(OC(=C)/C=C\C=C/C)OC2=CCCC=C2)C3)oc2ccccc2c1C. The molecule has 2 unspecified atom stereocenters. The molecule has 6 rings (SSSR count). The number of benzene rings is 3. The zero-order valence-corrected chi connectivity index (χ0v) is 29.4. The van der Waals surface area contributed by atoms with Crippen molar-refractivity contribution in [3.63, 3.8) is 0 Å². The molecule has 0 aliphatic heterocycles. The van der Waals surface area contributed by atoms with E-state index in [9.17, 15) is 4.79 Å². The molecule has 3 aromatic carbocycles. The highest BCUT2D eigenvalue weighted by atomic mass is 31.2. The van der Waals surface area contributed by atoms with Gasteiger partial charge < -0.3 is 26.5 Å². The van der Waals surface area contributed by atoms with E-state index in [4.69, 9.17) is 26.5 Å². The number of ketones is 1. The minimum atomic E-state index is -2.01. The predicted molar refractivity (Wildman–Crippen MR) is 196 cm³/mol. The van der Waals surface area contributed by atoms with Gasteiger partial charge in [0.1, 0.15) is 34.4 Å². The zero-order valence-electron chi connectivity index (χ0n) is 27.6. The number of carbonyl (C=O) groups is 1. The summed E-state index contributed by atoms with van der Waals surface area (Å²) >= 11 is 0. The number of carbonyl (C=O) groups excluding carboxylic acids is 1. The van der Waals surface area contributed by atoms with Crippen molar-refractivity contribution in [3.8, 4) is 11.5 Å². The molecule has 0 radical (unpaired) electrons. The molecule has 2 atom stereocenters. The van der Waals surface area contributed by atoms with Crippen LogP contribution in [0.25, 0.3) is 11.0 Å². The highest BCUT2D eigenvalue weighted by Gasteiger charge is 2.32. The van der Waals surface area contributed by atoms with Gasteiger partial charge in [0, 0.05) is 11.8 Å². The van der Waals surface area contributed by atoms with Crippen molar-refractivity contribution in [2.45, 2.75) is 46.0 Å². The van der Waals surface area contributed by atoms with E-state index in [1.54, 1.807) is 18.2 Å². The first-order chi connectivity index (χ1) is 23.9. The summed E-state index contributed by atoms with van der Waals surface area (Å²) in [6, 6.07) is 18.9. The van der Waals surface area contributed by atoms with Gasteiger partial charge in [-0.05, 0) is 92.6 Å². The Kier molecular flexibility index (Phi) is 11.0. The molecule has 0 saturated heterocycles. The second-order valence-electron chi connectivity index (χ2n) is 11.4. The Morgan fingerprint density at radius 3 is 2.49 bits per heavy atom. The lowest BCUT2D eigenvalue weighted by molar-refractivity contribution is 0.103. The molecular formula is C40H38O7P2. The fourth-order valence-electron chi connectivity index (χ4n) is 5.57. The Labute approximate surface area is 289 Å². The number of hydrogen-bond acceptors (Lipinski definition) is 7. The first kappa shape index (κ1) is 33.9. The summed E-state index contributed by atoms with van der Waals surface area (Å²) in [6.07, 6.45) is 18.8. The largest absolute Gasteiger partial charge is 0.530 e. The van der Waals surface area contributed by atoms with E-state index in [0.29, 0.717) is 52.6 Å². The maximum atomic E-state index is 14.5. The van der Waals surface area contributed by atoms with E-state index in [1.807, 2.05) is 105 Å². The third-order valence-electron chi connectivity index (χ3n) is 7.97. The second-order valence-corrected chi connectivity index (χ2v) is 13.4. The number of allylic oxidation sites excluding steroid dienone is 8. The lowest BCUT2D eigenvalue weighted by atomic mass is 9.84. The van der Waals surface area contributed by atoms with E-state index in [1.165, 1.54) is 0 Å². The van der Waals surface area contributed by atoms with Crippen molar-refractivity contribution < 1.29 is 31.3 Å². The summed E-state index contributed by atoms with van der Waals surface area (Å²) in [5.41, 5.74) is 4.18. The van der Waals surface area contributed by atoms with Crippen LogP contribution < -0.4 is 9.05 Å². The van der Waals surface area contributed by atoms with Crippen molar-refractivity contribution in [1.29, 1.82) is 0 Å². The van der Waals surface area contributed by atoms with E-state index in [0.717, 1.165) is 47.1 Å². The Bertz CT molecular complexity index is 2050. The molecule has 0 bridgehead atoms. The quantitative estimate of drug-likeness (QED) is 0.0526. The lowest BCUT2D eigenvalue weighted by Crippen LogP contribution is -2.17. The first-order valence-electron chi connectivity index (χ1n) is 16.2. The van der Waals surface area contributed by atoms with Gasteiger partial charge in [-0.15, -0.1) is 6.58 Å². The zero-order chi connectivity index (χ0) is 34.2. The fraction of sp³-hybridized carbons (Fsp3) is 0.175. The van der Waals surface area contributed by atoms with Crippen LogP contribution in [0.4, 0.5) is 0 Å². The summed E-state index contributed by atoms with van der Waals surface area (Å²) < 4.78 is 37.8. The highest BCUT2D eigenvalue weighted by molar-refractivity contribution is 7.42. The predicted octanol–water partition coefficient (Wildman–Crippen LogP) is 12.1. The molecule has 49 heavy (non-hydrogen) atoms. The van der Waals surface area contributed by atoms with E-state index in [2.05, 4.69) is 13.2 Å². The number of aryl methyl sites for hydroxylation is 2. The summed E-state index contributed by atoms with van der Waals surface area (Å²) in [5.74, 6) is 2.28. The third kappa shape index (κ3) is 8.03. The molecule has 1 aromatic heterocycles. The molecule has 0 amide bonds. The molecule has 2 aliphatic carbocycles. The van der Waals surface area contributed by atoms with Gasteiger partial charge in [-0.3, -0.25) is 4.79 Å². The van der Waals surface area contributed by atoms with Crippen molar-refractivity contribution in [3.05, 3.63) is 168 Å². The molecule has 0 N–H and O–H groups in total. The van der Waals surface area contributed by atoms with Crippen LogP contribution in [-0.4, -0.2) is 5.78 Å². The summed E-state index contributed by atoms with van der Waals surface area (Å²) in [6.45, 7) is 11.8. The van der Waals surface area contributed by atoms with Crippen molar-refractivity contribution in [2.24, 2.45) is 0 Å². The topological polar surface area (TPSA) is 80.3 Å². The molecular weight excluding hydrogens is 654 g/mol. The van der Waals surface area contributed by atoms with Gasteiger partial charge in [0.05, 0.1) is 11.1 Å². The Morgan fingerprint density at radius 2 is 1.73 bits per heavy atom. The third-order valence-corrected chi connectivity index (χ3v) is 10.1. The van der Waals surface area contributed by atoms with Gasteiger partial charge in [-0.25, -0.2) is 0 Å². The molecule has 0 saturated carbocycles. The molecule has 2 aliphatic rings. The van der Waals surface area contributed by atoms with Crippen LogP contribution in [-0.2, 0) is 21.9 Å². The average Bonchev–Trinajstić information content (AvgIpc) is 3.23. The van der Waals surface area contributed by atoms with E-state index < -0.39 is 16.8 Å². The van der Waals surface area contributed by atoms with Crippen molar-refractivity contribution >= 4 is 33.6 Å². The summed E-state index contributed by atoms with van der Waals surface area (Å²) in [7, 11) is -3.95. The Hall–Kier alpha value is -4.96. The number of hydrogen-bond donors (Lipinski definition) is 0. The van der Waals surface area contributed by atoms with Gasteiger partial charge in [-0.1, -0.05) is 79.4 Å². The molecule has 9 heteroatoms. The van der Waals surface area contributed by atoms with Gasteiger partial charge >= 0.3 is 16.8 Å².